The molecule has 2 aromatic carbocycles. The van der Waals surface area contributed by atoms with E-state index in [0.29, 0.717) is 5.92 Å². The van der Waals surface area contributed by atoms with Crippen molar-refractivity contribution in [1.82, 2.24) is 0 Å². The lowest BCUT2D eigenvalue weighted by atomic mass is 10.0. The summed E-state index contributed by atoms with van der Waals surface area (Å²) in [7, 11) is 0. The molecule has 1 atom stereocenters. The number of hydrogen-bond donors (Lipinski definition) is 0. The van der Waals surface area contributed by atoms with Gasteiger partial charge in [-0.05, 0) is 35.4 Å². The van der Waals surface area contributed by atoms with Crippen LogP contribution >= 0.6 is 43.6 Å². The van der Waals surface area contributed by atoms with Crippen LogP contribution in [0.15, 0.2) is 51.8 Å². The molecule has 0 bridgehead atoms. The Labute approximate surface area is 140 Å². The monoisotopic (exact) mass is 412 g/mol. The van der Waals surface area contributed by atoms with E-state index in [1.807, 2.05) is 23.9 Å². The normalized spacial score (nSPS) is 17.0. The van der Waals surface area contributed by atoms with Crippen molar-refractivity contribution in [3.05, 3.63) is 58.1 Å². The first-order valence-corrected chi connectivity index (χ1v) is 9.37. The van der Waals surface area contributed by atoms with Crippen LogP contribution in [0.1, 0.15) is 17.0 Å². The Bertz CT molecular complexity index is 615. The van der Waals surface area contributed by atoms with Crippen molar-refractivity contribution in [3.8, 4) is 5.75 Å². The average Bonchev–Trinajstić information content (AvgIpc) is 2.90. The lowest BCUT2D eigenvalue weighted by Crippen LogP contribution is -2.09. The van der Waals surface area contributed by atoms with Crippen LogP contribution in [0.25, 0.3) is 0 Å². The molecule has 0 saturated heterocycles. The van der Waals surface area contributed by atoms with E-state index in [9.17, 15) is 0 Å². The van der Waals surface area contributed by atoms with E-state index in [0.717, 1.165) is 27.9 Å². The fourth-order valence-electron chi connectivity index (χ4n) is 2.31. The molecule has 1 nitrogen and oxygen atoms in total. The van der Waals surface area contributed by atoms with Crippen molar-refractivity contribution in [1.29, 1.82) is 0 Å². The predicted octanol–water partition coefficient (Wildman–Crippen LogP) is 5.61. The Morgan fingerprint density at radius 1 is 1.20 bits per heavy atom. The first-order valence-electron chi connectivity index (χ1n) is 6.47. The summed E-state index contributed by atoms with van der Waals surface area (Å²) < 4.78 is 7.10. The van der Waals surface area contributed by atoms with Crippen LogP contribution in [-0.4, -0.2) is 12.4 Å². The molecule has 0 fully saturated rings. The van der Waals surface area contributed by atoms with Gasteiger partial charge < -0.3 is 4.74 Å². The molecule has 1 aliphatic rings. The molecule has 0 aromatic heterocycles. The van der Waals surface area contributed by atoms with Gasteiger partial charge in [-0.3, -0.25) is 0 Å². The van der Waals surface area contributed by atoms with Gasteiger partial charge in [0.2, 0.25) is 0 Å². The lowest BCUT2D eigenvalue weighted by Gasteiger charge is -2.13. The summed E-state index contributed by atoms with van der Waals surface area (Å²) in [6, 6.07) is 14.8. The Hall–Kier alpha value is -0.450. The van der Waals surface area contributed by atoms with Crippen LogP contribution in [0.3, 0.4) is 0 Å². The van der Waals surface area contributed by atoms with Gasteiger partial charge >= 0.3 is 0 Å². The van der Waals surface area contributed by atoms with E-state index in [1.165, 1.54) is 16.0 Å². The van der Waals surface area contributed by atoms with E-state index >= 15 is 0 Å². The zero-order chi connectivity index (χ0) is 13.9. The SMILES string of the molecule is BrCc1cc(OCC2CSc3ccccc32)ccc1Br. The minimum absolute atomic E-state index is 0.493. The van der Waals surface area contributed by atoms with Gasteiger partial charge in [0.15, 0.2) is 0 Å². The van der Waals surface area contributed by atoms with Crippen LogP contribution in [0.2, 0.25) is 0 Å². The number of thioether (sulfide) groups is 1. The number of fused-ring (bicyclic) bond motifs is 1. The van der Waals surface area contributed by atoms with Crippen molar-refractivity contribution in [3.63, 3.8) is 0 Å². The third kappa shape index (κ3) is 3.07. The predicted molar refractivity (Wildman–Crippen MR) is 92.2 cm³/mol. The lowest BCUT2D eigenvalue weighted by molar-refractivity contribution is 0.298. The van der Waals surface area contributed by atoms with Crippen molar-refractivity contribution >= 4 is 43.6 Å². The maximum atomic E-state index is 5.99. The van der Waals surface area contributed by atoms with Gasteiger partial charge in [-0.25, -0.2) is 0 Å². The molecule has 2 aromatic rings. The van der Waals surface area contributed by atoms with Crippen molar-refractivity contribution in [2.45, 2.75) is 16.1 Å². The maximum absolute atomic E-state index is 5.99. The molecule has 4 heteroatoms. The zero-order valence-corrected chi connectivity index (χ0v) is 14.8. The van der Waals surface area contributed by atoms with Gasteiger partial charge in [0.25, 0.3) is 0 Å². The van der Waals surface area contributed by atoms with Crippen LogP contribution in [-0.2, 0) is 5.33 Å². The van der Waals surface area contributed by atoms with Gasteiger partial charge in [-0.2, -0.15) is 0 Å². The quantitative estimate of drug-likeness (QED) is 0.602. The molecule has 20 heavy (non-hydrogen) atoms. The number of benzene rings is 2. The highest BCUT2D eigenvalue weighted by molar-refractivity contribution is 9.10. The first-order chi connectivity index (χ1) is 9.78. The summed E-state index contributed by atoms with van der Waals surface area (Å²) in [5.41, 5.74) is 2.64. The summed E-state index contributed by atoms with van der Waals surface area (Å²) >= 11 is 8.96. The summed E-state index contributed by atoms with van der Waals surface area (Å²) in [5, 5.41) is 0.826. The van der Waals surface area contributed by atoms with Crippen molar-refractivity contribution in [2.75, 3.05) is 12.4 Å². The highest BCUT2D eigenvalue weighted by Gasteiger charge is 2.23. The molecule has 1 heterocycles. The first kappa shape index (κ1) is 14.5. The second-order valence-corrected chi connectivity index (χ2v) is 7.22. The molecular weight excluding hydrogens is 400 g/mol. The largest absolute Gasteiger partial charge is 0.493 e. The van der Waals surface area contributed by atoms with E-state index in [4.69, 9.17) is 4.74 Å². The molecule has 0 radical (unpaired) electrons. The van der Waals surface area contributed by atoms with Crippen molar-refractivity contribution in [2.24, 2.45) is 0 Å². The third-order valence-corrected chi connectivity index (χ3v) is 6.04. The van der Waals surface area contributed by atoms with Gasteiger partial charge in [-0.15, -0.1) is 11.8 Å². The van der Waals surface area contributed by atoms with E-state index < -0.39 is 0 Å². The minimum atomic E-state index is 0.493. The van der Waals surface area contributed by atoms with Crippen LogP contribution in [0, 0.1) is 0 Å². The van der Waals surface area contributed by atoms with Gasteiger partial charge in [-0.1, -0.05) is 50.1 Å². The number of alkyl halides is 1. The maximum Gasteiger partial charge on any atom is 0.119 e. The second-order valence-electron chi connectivity index (χ2n) is 4.74. The van der Waals surface area contributed by atoms with Crippen LogP contribution in [0.4, 0.5) is 0 Å². The van der Waals surface area contributed by atoms with Gasteiger partial charge in [0.1, 0.15) is 5.75 Å². The van der Waals surface area contributed by atoms with Crippen LogP contribution in [0.5, 0.6) is 5.75 Å². The Kier molecular flexibility index (Phi) is 4.74. The molecule has 0 saturated carbocycles. The second kappa shape index (κ2) is 6.54. The number of rotatable bonds is 4. The highest BCUT2D eigenvalue weighted by Crippen LogP contribution is 2.39. The fourth-order valence-corrected chi connectivity index (χ4v) is 4.77. The summed E-state index contributed by atoms with van der Waals surface area (Å²) in [5.74, 6) is 2.55. The standard InChI is InChI=1S/C16H14Br2OS/c17-8-11-7-13(5-6-15(11)18)19-9-12-10-20-16-4-2-1-3-14(12)16/h1-7,12H,8-10H2. The number of ether oxygens (including phenoxy) is 1. The molecule has 0 spiro atoms. The summed E-state index contributed by atoms with van der Waals surface area (Å²) in [6.45, 7) is 0.743. The highest BCUT2D eigenvalue weighted by atomic mass is 79.9. The number of hydrogen-bond acceptors (Lipinski definition) is 2. The van der Waals surface area contributed by atoms with E-state index in [-0.39, 0.29) is 0 Å². The third-order valence-electron chi connectivity index (χ3n) is 3.41. The van der Waals surface area contributed by atoms with Crippen LogP contribution < -0.4 is 4.74 Å². The summed E-state index contributed by atoms with van der Waals surface area (Å²) in [6.07, 6.45) is 0. The van der Waals surface area contributed by atoms with Gasteiger partial charge in [0, 0.05) is 26.4 Å². The Balaban J connectivity index is 1.69. The minimum Gasteiger partial charge on any atom is -0.493 e. The molecule has 0 aliphatic carbocycles. The molecule has 3 rings (SSSR count). The van der Waals surface area contributed by atoms with Gasteiger partial charge in [0.05, 0.1) is 6.61 Å². The zero-order valence-electron chi connectivity index (χ0n) is 10.8. The number of halogens is 2. The topological polar surface area (TPSA) is 9.23 Å². The molecule has 104 valence electrons. The molecule has 0 N–H and O–H groups in total. The summed E-state index contributed by atoms with van der Waals surface area (Å²) in [4.78, 5) is 1.40. The molecular formula is C16H14Br2OS. The Morgan fingerprint density at radius 2 is 2.05 bits per heavy atom. The average molecular weight is 414 g/mol. The molecule has 1 aliphatic heterocycles. The molecule has 1 unspecified atom stereocenters. The van der Waals surface area contributed by atoms with Crippen molar-refractivity contribution < 1.29 is 4.74 Å². The van der Waals surface area contributed by atoms with E-state index in [1.54, 1.807) is 0 Å². The Morgan fingerprint density at radius 3 is 2.90 bits per heavy atom. The molecule has 0 amide bonds. The van der Waals surface area contributed by atoms with E-state index in [2.05, 4.69) is 62.2 Å². The fraction of sp³-hybridized carbons (Fsp3) is 0.250. The smallest absolute Gasteiger partial charge is 0.119 e.